The first-order valence-corrected chi connectivity index (χ1v) is 9.43. The Bertz CT molecular complexity index is 1110. The van der Waals surface area contributed by atoms with Crippen molar-refractivity contribution in [1.29, 1.82) is 0 Å². The van der Waals surface area contributed by atoms with Gasteiger partial charge in [0, 0.05) is 47.3 Å². The Hall–Kier alpha value is -3.51. The fraction of sp³-hybridized carbons (Fsp3) is 0.130. The molecule has 1 atom stereocenters. The molecule has 2 aromatic heterocycles. The Morgan fingerprint density at radius 1 is 1.00 bits per heavy atom. The van der Waals surface area contributed by atoms with Crippen LogP contribution in [0.15, 0.2) is 79.3 Å². The molecule has 3 N–H and O–H groups in total. The molecule has 5 nitrogen and oxygen atoms in total. The number of pyridine rings is 1. The van der Waals surface area contributed by atoms with Crippen LogP contribution in [0.2, 0.25) is 0 Å². The van der Waals surface area contributed by atoms with Gasteiger partial charge in [-0.25, -0.2) is 4.39 Å². The molecule has 0 aliphatic rings. The van der Waals surface area contributed by atoms with Gasteiger partial charge >= 0.3 is 0 Å². The summed E-state index contributed by atoms with van der Waals surface area (Å²) in [5.41, 5.74) is 3.23. The zero-order valence-corrected chi connectivity index (χ0v) is 15.7. The van der Waals surface area contributed by atoms with E-state index in [2.05, 4.69) is 20.6 Å². The molecule has 1 amide bonds. The highest BCUT2D eigenvalue weighted by Gasteiger charge is 2.21. The number of nitrogens with one attached hydrogen (secondary N) is 3. The van der Waals surface area contributed by atoms with Crippen LogP contribution in [-0.4, -0.2) is 21.9 Å². The number of carbonyl (C=O) groups excluding carboxylic acids is 1. The normalized spacial score (nSPS) is 12.0. The van der Waals surface area contributed by atoms with Crippen LogP contribution in [-0.2, 0) is 17.8 Å². The lowest BCUT2D eigenvalue weighted by molar-refractivity contribution is -0.118. The van der Waals surface area contributed by atoms with Gasteiger partial charge in [-0.1, -0.05) is 36.4 Å². The lowest BCUT2D eigenvalue weighted by atomic mass is 10.0. The molecule has 6 heteroatoms. The number of benzene rings is 2. The van der Waals surface area contributed by atoms with Crippen LogP contribution in [0.3, 0.4) is 0 Å². The van der Waals surface area contributed by atoms with Crippen molar-refractivity contribution in [2.24, 2.45) is 0 Å². The van der Waals surface area contributed by atoms with Gasteiger partial charge in [-0.3, -0.25) is 9.78 Å². The minimum Gasteiger partial charge on any atom is -0.361 e. The monoisotopic (exact) mass is 388 g/mol. The predicted molar refractivity (Wildman–Crippen MR) is 112 cm³/mol. The minimum atomic E-state index is -0.540. The van der Waals surface area contributed by atoms with E-state index in [-0.39, 0.29) is 18.3 Å². The first-order valence-electron chi connectivity index (χ1n) is 9.43. The molecule has 0 bridgehead atoms. The Morgan fingerprint density at radius 3 is 2.59 bits per heavy atom. The number of carbonyl (C=O) groups is 1. The number of para-hydroxylation sites is 1. The predicted octanol–water partition coefficient (Wildman–Crippen LogP) is 4.04. The molecule has 0 fully saturated rings. The molecule has 0 saturated heterocycles. The highest BCUT2D eigenvalue weighted by molar-refractivity contribution is 5.95. The molecule has 0 aliphatic carbocycles. The van der Waals surface area contributed by atoms with Crippen molar-refractivity contribution >= 4 is 22.5 Å². The number of H-pyrrole nitrogens is 1. The molecule has 0 radical (unpaired) electrons. The quantitative estimate of drug-likeness (QED) is 0.447. The molecule has 29 heavy (non-hydrogen) atoms. The average molecular weight is 388 g/mol. The van der Waals surface area contributed by atoms with Gasteiger partial charge in [0.05, 0.1) is 6.04 Å². The summed E-state index contributed by atoms with van der Waals surface area (Å²) in [6.45, 7) is 0.253. The number of nitrogens with zero attached hydrogens (tertiary/aromatic N) is 1. The number of rotatable bonds is 7. The smallest absolute Gasteiger partial charge is 0.241 e. The second-order valence-corrected chi connectivity index (χ2v) is 6.81. The van der Waals surface area contributed by atoms with Crippen molar-refractivity contribution in [3.63, 3.8) is 0 Å². The summed E-state index contributed by atoms with van der Waals surface area (Å²) in [4.78, 5) is 20.2. The van der Waals surface area contributed by atoms with Crippen LogP contribution < -0.4 is 10.6 Å². The van der Waals surface area contributed by atoms with Crippen molar-refractivity contribution < 1.29 is 9.18 Å². The molecule has 4 aromatic rings. The highest BCUT2D eigenvalue weighted by Crippen LogP contribution is 2.20. The summed E-state index contributed by atoms with van der Waals surface area (Å²) in [5.74, 6) is -0.474. The van der Waals surface area contributed by atoms with Gasteiger partial charge in [-0.05, 0) is 36.2 Å². The van der Waals surface area contributed by atoms with Gasteiger partial charge in [0.1, 0.15) is 5.82 Å². The van der Waals surface area contributed by atoms with Gasteiger partial charge in [0.2, 0.25) is 5.91 Å². The van der Waals surface area contributed by atoms with E-state index in [0.717, 1.165) is 16.5 Å². The standard InChI is InChI=1S/C23H21FN4O/c24-20-7-3-1-5-16(20)14-27-22(23(29)28-18-9-11-25-12-10-18)13-17-15-26-21-8-4-2-6-19(17)21/h1-12,15,22,26-27H,13-14H2,(H,25,28,29)/t22-/m0/s1. The van der Waals surface area contributed by atoms with E-state index in [9.17, 15) is 9.18 Å². The lowest BCUT2D eigenvalue weighted by Crippen LogP contribution is -2.42. The van der Waals surface area contributed by atoms with Gasteiger partial charge in [0.15, 0.2) is 0 Å². The molecule has 0 spiro atoms. The topological polar surface area (TPSA) is 69.8 Å². The van der Waals surface area contributed by atoms with Crippen LogP contribution in [0.5, 0.6) is 0 Å². The third-order valence-electron chi connectivity index (χ3n) is 4.86. The van der Waals surface area contributed by atoms with Gasteiger partial charge < -0.3 is 15.6 Å². The Kier molecular flexibility index (Phi) is 5.63. The van der Waals surface area contributed by atoms with Crippen LogP contribution >= 0.6 is 0 Å². The number of halogens is 1. The number of aromatic amines is 1. The second-order valence-electron chi connectivity index (χ2n) is 6.81. The maximum absolute atomic E-state index is 14.0. The van der Waals surface area contributed by atoms with Crippen molar-refractivity contribution in [3.8, 4) is 0 Å². The largest absolute Gasteiger partial charge is 0.361 e. The van der Waals surface area contributed by atoms with Crippen molar-refractivity contribution in [3.05, 3.63) is 96.2 Å². The summed E-state index contributed by atoms with van der Waals surface area (Å²) in [6, 6.07) is 17.5. The summed E-state index contributed by atoms with van der Waals surface area (Å²) >= 11 is 0. The van der Waals surface area contributed by atoms with E-state index < -0.39 is 6.04 Å². The third kappa shape index (κ3) is 4.50. The zero-order chi connectivity index (χ0) is 20.1. The van der Waals surface area contributed by atoms with Crippen molar-refractivity contribution in [2.75, 3.05) is 5.32 Å². The van der Waals surface area contributed by atoms with E-state index in [1.807, 2.05) is 30.5 Å². The van der Waals surface area contributed by atoms with Crippen molar-refractivity contribution in [1.82, 2.24) is 15.3 Å². The fourth-order valence-electron chi connectivity index (χ4n) is 3.32. The Balaban J connectivity index is 1.55. The SMILES string of the molecule is O=C(Nc1ccncc1)[C@H](Cc1c[nH]c2ccccc12)NCc1ccccc1F. The molecule has 0 aliphatic heterocycles. The van der Waals surface area contributed by atoms with Gasteiger partial charge in [0.25, 0.3) is 0 Å². The van der Waals surface area contributed by atoms with Crippen LogP contribution in [0.25, 0.3) is 10.9 Å². The summed E-state index contributed by atoms with van der Waals surface area (Å²) < 4.78 is 14.0. The van der Waals surface area contributed by atoms with E-state index in [4.69, 9.17) is 0 Å². The molecular weight excluding hydrogens is 367 g/mol. The number of aromatic nitrogens is 2. The number of anilines is 1. The molecule has 0 saturated carbocycles. The average Bonchev–Trinajstić information content (AvgIpc) is 3.16. The Morgan fingerprint density at radius 2 is 1.76 bits per heavy atom. The fourth-order valence-corrected chi connectivity index (χ4v) is 3.32. The number of fused-ring (bicyclic) bond motifs is 1. The van der Waals surface area contributed by atoms with E-state index in [1.54, 1.807) is 42.7 Å². The first kappa shape index (κ1) is 18.8. The molecular formula is C23H21FN4O. The zero-order valence-electron chi connectivity index (χ0n) is 15.7. The Labute approximate surface area is 168 Å². The van der Waals surface area contributed by atoms with Gasteiger partial charge in [-0.15, -0.1) is 0 Å². The molecule has 4 rings (SSSR count). The minimum absolute atomic E-state index is 0.183. The van der Waals surface area contributed by atoms with Crippen LogP contribution in [0.4, 0.5) is 10.1 Å². The molecule has 146 valence electrons. The summed E-state index contributed by atoms with van der Waals surface area (Å²) in [6.07, 6.45) is 5.63. The third-order valence-corrected chi connectivity index (χ3v) is 4.86. The van der Waals surface area contributed by atoms with Crippen LogP contribution in [0.1, 0.15) is 11.1 Å². The highest BCUT2D eigenvalue weighted by atomic mass is 19.1. The van der Waals surface area contributed by atoms with Crippen LogP contribution in [0, 0.1) is 5.82 Å². The van der Waals surface area contributed by atoms with E-state index in [1.165, 1.54) is 6.07 Å². The summed E-state index contributed by atoms with van der Waals surface area (Å²) in [7, 11) is 0. The summed E-state index contributed by atoms with van der Waals surface area (Å²) in [5, 5.41) is 7.20. The molecule has 0 unspecified atom stereocenters. The molecule has 2 heterocycles. The van der Waals surface area contributed by atoms with Crippen molar-refractivity contribution in [2.45, 2.75) is 19.0 Å². The number of amides is 1. The number of hydrogen-bond acceptors (Lipinski definition) is 3. The first-order chi connectivity index (χ1) is 14.2. The lowest BCUT2D eigenvalue weighted by Gasteiger charge is -2.19. The van der Waals surface area contributed by atoms with E-state index >= 15 is 0 Å². The van der Waals surface area contributed by atoms with E-state index in [0.29, 0.717) is 17.7 Å². The van der Waals surface area contributed by atoms with Gasteiger partial charge in [-0.2, -0.15) is 0 Å². The maximum Gasteiger partial charge on any atom is 0.241 e. The maximum atomic E-state index is 14.0. The molecule has 2 aromatic carbocycles. The number of hydrogen-bond donors (Lipinski definition) is 3. The second kappa shape index (κ2) is 8.67.